The molecular weight excluding hydrogens is 300 g/mol. The molecule has 0 radical (unpaired) electrons. The van der Waals surface area contributed by atoms with Crippen molar-refractivity contribution in [3.8, 4) is 0 Å². The lowest BCUT2D eigenvalue weighted by Crippen LogP contribution is -2.42. The van der Waals surface area contributed by atoms with Crippen molar-refractivity contribution in [1.82, 2.24) is 25.3 Å². The summed E-state index contributed by atoms with van der Waals surface area (Å²) in [5.41, 5.74) is 1.20. The highest BCUT2D eigenvalue weighted by atomic mass is 16.4. The topological polar surface area (TPSA) is 124 Å². The standard InChI is InChI=1S/C14H18N6O3/c1-8(21)19-10-3-2-9(14(22)23)4-20(5-10)13-11-12(16-6-15-11)17-7-18-13/h6-7,9-10H,2-5H2,1H3,(H,19,21)(H,22,23)(H,15,16,17,18)/t9-,10+/m0/s1. The minimum Gasteiger partial charge on any atom is -0.481 e. The summed E-state index contributed by atoms with van der Waals surface area (Å²) < 4.78 is 0. The van der Waals surface area contributed by atoms with Gasteiger partial charge in [-0.05, 0) is 12.8 Å². The smallest absolute Gasteiger partial charge is 0.308 e. The number of aromatic nitrogens is 4. The molecule has 0 bridgehead atoms. The maximum atomic E-state index is 11.5. The predicted octanol–water partition coefficient (Wildman–Crippen LogP) is 0.159. The van der Waals surface area contributed by atoms with Gasteiger partial charge in [-0.1, -0.05) is 0 Å². The molecule has 1 aliphatic heterocycles. The second-order valence-corrected chi connectivity index (χ2v) is 5.71. The lowest BCUT2D eigenvalue weighted by Gasteiger charge is -2.26. The molecule has 1 fully saturated rings. The van der Waals surface area contributed by atoms with Crippen LogP contribution < -0.4 is 10.2 Å². The molecule has 0 saturated carbocycles. The van der Waals surface area contributed by atoms with Crippen molar-refractivity contribution >= 4 is 28.9 Å². The Labute approximate surface area is 132 Å². The number of aromatic amines is 1. The summed E-state index contributed by atoms with van der Waals surface area (Å²) >= 11 is 0. The normalized spacial score (nSPS) is 21.9. The number of aliphatic carboxylic acids is 1. The summed E-state index contributed by atoms with van der Waals surface area (Å²) in [4.78, 5) is 40.2. The highest BCUT2D eigenvalue weighted by Crippen LogP contribution is 2.25. The molecule has 3 heterocycles. The van der Waals surface area contributed by atoms with Gasteiger partial charge in [0.2, 0.25) is 5.91 Å². The number of carboxylic acid groups (broad SMARTS) is 1. The first-order chi connectivity index (χ1) is 11.0. The average Bonchev–Trinajstić information content (AvgIpc) is 2.87. The van der Waals surface area contributed by atoms with E-state index in [1.807, 2.05) is 4.90 Å². The second-order valence-electron chi connectivity index (χ2n) is 5.71. The molecule has 0 aliphatic carbocycles. The van der Waals surface area contributed by atoms with Gasteiger partial charge >= 0.3 is 5.97 Å². The first-order valence-electron chi connectivity index (χ1n) is 7.43. The van der Waals surface area contributed by atoms with Gasteiger partial charge in [0, 0.05) is 26.1 Å². The fraction of sp³-hybridized carbons (Fsp3) is 0.500. The van der Waals surface area contributed by atoms with E-state index >= 15 is 0 Å². The molecule has 23 heavy (non-hydrogen) atoms. The van der Waals surface area contributed by atoms with Gasteiger partial charge in [0.05, 0.1) is 12.2 Å². The van der Waals surface area contributed by atoms with Crippen molar-refractivity contribution in [3.05, 3.63) is 12.7 Å². The molecule has 9 heteroatoms. The molecule has 0 spiro atoms. The molecule has 0 aromatic carbocycles. The molecule has 1 saturated heterocycles. The molecule has 122 valence electrons. The van der Waals surface area contributed by atoms with Gasteiger partial charge in [-0.3, -0.25) is 9.59 Å². The van der Waals surface area contributed by atoms with Gasteiger partial charge in [-0.2, -0.15) is 0 Å². The third-order valence-corrected chi connectivity index (χ3v) is 4.00. The molecule has 0 unspecified atom stereocenters. The Morgan fingerprint density at radius 2 is 2.13 bits per heavy atom. The number of amides is 1. The van der Waals surface area contributed by atoms with Crippen LogP contribution in [0.2, 0.25) is 0 Å². The van der Waals surface area contributed by atoms with E-state index in [1.165, 1.54) is 19.6 Å². The number of nitrogens with one attached hydrogen (secondary N) is 2. The fourth-order valence-corrected chi connectivity index (χ4v) is 2.96. The van der Waals surface area contributed by atoms with Gasteiger partial charge < -0.3 is 20.3 Å². The zero-order valence-electron chi connectivity index (χ0n) is 12.7. The highest BCUT2D eigenvalue weighted by molar-refractivity contribution is 5.83. The summed E-state index contributed by atoms with van der Waals surface area (Å²) in [5.74, 6) is -0.871. The van der Waals surface area contributed by atoms with Gasteiger partial charge in [0.1, 0.15) is 11.8 Å². The maximum Gasteiger partial charge on any atom is 0.308 e. The summed E-state index contributed by atoms with van der Waals surface area (Å²) in [7, 11) is 0. The van der Waals surface area contributed by atoms with Crippen molar-refractivity contribution in [2.24, 2.45) is 5.92 Å². The van der Waals surface area contributed by atoms with Crippen LogP contribution in [0.4, 0.5) is 5.82 Å². The quantitative estimate of drug-likeness (QED) is 0.736. The molecule has 2 aromatic rings. The number of fused-ring (bicyclic) bond motifs is 1. The van der Waals surface area contributed by atoms with Crippen molar-refractivity contribution in [3.63, 3.8) is 0 Å². The number of carboxylic acids is 1. The van der Waals surface area contributed by atoms with Crippen LogP contribution in [0.1, 0.15) is 19.8 Å². The predicted molar refractivity (Wildman–Crippen MR) is 81.9 cm³/mol. The van der Waals surface area contributed by atoms with E-state index in [0.717, 1.165) is 0 Å². The van der Waals surface area contributed by atoms with Crippen LogP contribution in [-0.4, -0.2) is 56.1 Å². The number of anilines is 1. The summed E-state index contributed by atoms with van der Waals surface area (Å²) in [6, 6.07) is -0.121. The van der Waals surface area contributed by atoms with Crippen LogP contribution >= 0.6 is 0 Å². The number of rotatable bonds is 3. The van der Waals surface area contributed by atoms with Crippen molar-refractivity contribution in [2.45, 2.75) is 25.8 Å². The average molecular weight is 318 g/mol. The van der Waals surface area contributed by atoms with E-state index in [2.05, 4.69) is 25.3 Å². The van der Waals surface area contributed by atoms with Crippen LogP contribution in [-0.2, 0) is 9.59 Å². The number of carbonyl (C=O) groups excluding carboxylic acids is 1. The summed E-state index contributed by atoms with van der Waals surface area (Å²) in [5, 5.41) is 12.3. The number of hydrogen-bond acceptors (Lipinski definition) is 6. The van der Waals surface area contributed by atoms with Crippen LogP contribution in [0.5, 0.6) is 0 Å². The Balaban J connectivity index is 1.94. The Hall–Kier alpha value is -2.71. The molecule has 9 nitrogen and oxygen atoms in total. The third-order valence-electron chi connectivity index (χ3n) is 4.00. The van der Waals surface area contributed by atoms with E-state index in [9.17, 15) is 14.7 Å². The van der Waals surface area contributed by atoms with Crippen LogP contribution in [0, 0.1) is 5.92 Å². The van der Waals surface area contributed by atoms with Gasteiger partial charge in [-0.15, -0.1) is 0 Å². The molecule has 2 atom stereocenters. The highest BCUT2D eigenvalue weighted by Gasteiger charge is 2.30. The van der Waals surface area contributed by atoms with Crippen LogP contribution in [0.3, 0.4) is 0 Å². The van der Waals surface area contributed by atoms with Gasteiger partial charge in [0.15, 0.2) is 11.5 Å². The summed E-state index contributed by atoms with van der Waals surface area (Å²) in [6.45, 7) is 2.28. The number of hydrogen-bond donors (Lipinski definition) is 3. The van der Waals surface area contributed by atoms with E-state index in [0.29, 0.717) is 42.9 Å². The first kappa shape index (κ1) is 15.2. The fourth-order valence-electron chi connectivity index (χ4n) is 2.96. The number of carbonyl (C=O) groups is 2. The Morgan fingerprint density at radius 3 is 2.87 bits per heavy atom. The van der Waals surface area contributed by atoms with Crippen molar-refractivity contribution in [2.75, 3.05) is 18.0 Å². The Bertz CT molecular complexity index is 730. The van der Waals surface area contributed by atoms with E-state index < -0.39 is 11.9 Å². The van der Waals surface area contributed by atoms with Crippen molar-refractivity contribution < 1.29 is 14.7 Å². The SMILES string of the molecule is CC(=O)N[C@@H]1CC[C@H](C(=O)O)CN(c2ncnc3nc[nH]c23)C1. The zero-order valence-corrected chi connectivity index (χ0v) is 12.7. The number of imidazole rings is 1. The number of H-pyrrole nitrogens is 1. The second kappa shape index (κ2) is 6.19. The van der Waals surface area contributed by atoms with Gasteiger partial charge in [0.25, 0.3) is 0 Å². The lowest BCUT2D eigenvalue weighted by molar-refractivity contribution is -0.141. The third kappa shape index (κ3) is 3.22. The largest absolute Gasteiger partial charge is 0.481 e. The molecule has 3 N–H and O–H groups in total. The minimum absolute atomic E-state index is 0.121. The molecule has 1 amide bonds. The Kier molecular flexibility index (Phi) is 4.09. The zero-order chi connectivity index (χ0) is 16.4. The van der Waals surface area contributed by atoms with E-state index in [-0.39, 0.29) is 11.9 Å². The maximum absolute atomic E-state index is 11.5. The summed E-state index contributed by atoms with van der Waals surface area (Å²) in [6.07, 6.45) is 4.06. The van der Waals surface area contributed by atoms with E-state index in [4.69, 9.17) is 0 Å². The Morgan fingerprint density at radius 1 is 1.30 bits per heavy atom. The number of nitrogens with zero attached hydrogens (tertiary/aromatic N) is 4. The minimum atomic E-state index is -0.839. The molecule has 3 rings (SSSR count). The molecule has 2 aromatic heterocycles. The monoisotopic (exact) mass is 318 g/mol. The first-order valence-corrected chi connectivity index (χ1v) is 7.43. The van der Waals surface area contributed by atoms with Crippen LogP contribution in [0.15, 0.2) is 12.7 Å². The van der Waals surface area contributed by atoms with Crippen molar-refractivity contribution in [1.29, 1.82) is 0 Å². The lowest BCUT2D eigenvalue weighted by atomic mass is 10.0. The van der Waals surface area contributed by atoms with E-state index in [1.54, 1.807) is 0 Å². The molecule has 1 aliphatic rings. The van der Waals surface area contributed by atoms with Crippen LogP contribution in [0.25, 0.3) is 11.2 Å². The van der Waals surface area contributed by atoms with Gasteiger partial charge in [-0.25, -0.2) is 15.0 Å². The molecular formula is C14H18N6O3.